The van der Waals surface area contributed by atoms with Gasteiger partial charge in [0.1, 0.15) is 0 Å². The van der Waals surface area contributed by atoms with E-state index in [1.807, 2.05) is 6.08 Å². The molecule has 1 rings (SSSR count). The van der Waals surface area contributed by atoms with E-state index < -0.39 is 0 Å². The number of piperidine rings is 1. The fourth-order valence-electron chi connectivity index (χ4n) is 7.35. The number of rotatable bonds is 34. The van der Waals surface area contributed by atoms with Gasteiger partial charge >= 0.3 is 11.9 Å². The smallest absolute Gasteiger partial charge is 0.305 e. The molecule has 5 heteroatoms. The molecule has 1 aliphatic heterocycles. The molecule has 0 aromatic carbocycles. The van der Waals surface area contributed by atoms with E-state index in [4.69, 9.17) is 9.47 Å². The van der Waals surface area contributed by atoms with Gasteiger partial charge in [-0.15, -0.1) is 0 Å². The number of allylic oxidation sites excluding steroid dienone is 1. The minimum absolute atomic E-state index is 0.00482. The molecule has 1 saturated heterocycles. The zero-order valence-corrected chi connectivity index (χ0v) is 33.9. The molecule has 0 aromatic heterocycles. The van der Waals surface area contributed by atoms with E-state index in [0.29, 0.717) is 37.9 Å². The fourth-order valence-corrected chi connectivity index (χ4v) is 7.35. The average Bonchev–Trinajstić information content (AvgIpc) is 3.13. The summed E-state index contributed by atoms with van der Waals surface area (Å²) < 4.78 is 11.1. The second-order valence-electron chi connectivity index (χ2n) is 15.7. The van der Waals surface area contributed by atoms with Crippen LogP contribution in [0.25, 0.3) is 0 Å². The molecule has 3 atom stereocenters. The van der Waals surface area contributed by atoms with Crippen molar-refractivity contribution in [2.45, 2.75) is 201 Å². The average molecular weight is 712 g/mol. The lowest BCUT2D eigenvalue weighted by molar-refractivity contribution is -0.145. The summed E-state index contributed by atoms with van der Waals surface area (Å²) in [4.78, 5) is 27.2. The van der Waals surface area contributed by atoms with Crippen molar-refractivity contribution >= 4 is 11.9 Å². The van der Waals surface area contributed by atoms with Gasteiger partial charge in [-0.2, -0.15) is 0 Å². The van der Waals surface area contributed by atoms with Crippen molar-refractivity contribution in [3.05, 3.63) is 29.8 Å². The van der Waals surface area contributed by atoms with Crippen LogP contribution >= 0.6 is 0 Å². The van der Waals surface area contributed by atoms with Crippen LogP contribution in [0.15, 0.2) is 29.8 Å². The van der Waals surface area contributed by atoms with Gasteiger partial charge in [-0.1, -0.05) is 148 Å². The molecule has 3 unspecified atom stereocenters. The van der Waals surface area contributed by atoms with E-state index in [2.05, 4.69) is 49.4 Å². The Morgan fingerprint density at radius 2 is 1.18 bits per heavy atom. The first-order valence-corrected chi connectivity index (χ1v) is 21.9. The van der Waals surface area contributed by atoms with Gasteiger partial charge < -0.3 is 14.4 Å². The molecule has 0 spiro atoms. The zero-order chi connectivity index (χ0) is 37.0. The van der Waals surface area contributed by atoms with Crippen molar-refractivity contribution in [2.24, 2.45) is 17.8 Å². The first kappa shape index (κ1) is 47.0. The second-order valence-corrected chi connectivity index (χ2v) is 15.7. The molecular formula is C46H81NO4. The highest BCUT2D eigenvalue weighted by Crippen LogP contribution is 2.24. The Bertz CT molecular complexity index is 952. The Labute approximate surface area is 316 Å². The first-order valence-electron chi connectivity index (χ1n) is 21.9. The van der Waals surface area contributed by atoms with E-state index in [9.17, 15) is 9.59 Å². The van der Waals surface area contributed by atoms with Crippen LogP contribution in [-0.2, 0) is 19.1 Å². The number of hydrogen-bond acceptors (Lipinski definition) is 5. The van der Waals surface area contributed by atoms with Crippen molar-refractivity contribution in [3.8, 4) is 0 Å². The monoisotopic (exact) mass is 712 g/mol. The fraction of sp³-hybridized carbons (Fsp3) is 0.848. The Hall–Kier alpha value is -2.02. The van der Waals surface area contributed by atoms with Gasteiger partial charge in [-0.3, -0.25) is 9.59 Å². The Morgan fingerprint density at radius 3 is 1.76 bits per heavy atom. The summed E-state index contributed by atoms with van der Waals surface area (Å²) in [6.45, 7) is 15.2. The van der Waals surface area contributed by atoms with Crippen LogP contribution in [0.5, 0.6) is 0 Å². The third kappa shape index (κ3) is 30.2. The topological polar surface area (TPSA) is 55.8 Å². The molecule has 0 saturated carbocycles. The summed E-state index contributed by atoms with van der Waals surface area (Å²) >= 11 is 0. The SMILES string of the molecule is C=C=C=C=CC(CCCCC)CCOC(=O)CCCCCCCC(CCCCCCCC(=O)OCCC(C)CCCCC)CCN1CCCCC1. The number of hydrogen-bond donors (Lipinski definition) is 0. The van der Waals surface area contributed by atoms with E-state index in [-0.39, 0.29) is 11.9 Å². The van der Waals surface area contributed by atoms with Gasteiger partial charge in [0.2, 0.25) is 0 Å². The molecule has 0 N–H and O–H groups in total. The summed E-state index contributed by atoms with van der Waals surface area (Å²) in [6.07, 6.45) is 34.7. The normalized spacial score (nSPS) is 14.9. The highest BCUT2D eigenvalue weighted by atomic mass is 16.5. The highest BCUT2D eigenvalue weighted by Gasteiger charge is 2.15. The van der Waals surface area contributed by atoms with Crippen LogP contribution in [0.1, 0.15) is 201 Å². The van der Waals surface area contributed by atoms with Crippen LogP contribution in [0.4, 0.5) is 0 Å². The number of carbonyl (C=O) groups is 2. The summed E-state index contributed by atoms with van der Waals surface area (Å²) in [5, 5.41) is 0. The maximum Gasteiger partial charge on any atom is 0.305 e. The third-order valence-electron chi connectivity index (χ3n) is 10.9. The number of likely N-dealkylation sites (tertiary alicyclic amines) is 1. The van der Waals surface area contributed by atoms with E-state index >= 15 is 0 Å². The quantitative estimate of drug-likeness (QED) is 0.0378. The van der Waals surface area contributed by atoms with Crippen molar-refractivity contribution < 1.29 is 19.1 Å². The number of carbonyl (C=O) groups excluding carboxylic acids is 2. The Balaban J connectivity index is 2.20. The first-order chi connectivity index (χ1) is 25.0. The lowest BCUT2D eigenvalue weighted by Crippen LogP contribution is -2.31. The molecule has 0 amide bonds. The molecular weight excluding hydrogens is 631 g/mol. The maximum absolute atomic E-state index is 12.3. The van der Waals surface area contributed by atoms with Crippen LogP contribution in [0.3, 0.4) is 0 Å². The predicted molar refractivity (Wildman–Crippen MR) is 216 cm³/mol. The van der Waals surface area contributed by atoms with Gasteiger partial charge in [-0.05, 0) is 107 Å². The largest absolute Gasteiger partial charge is 0.466 e. The molecule has 0 aromatic rings. The van der Waals surface area contributed by atoms with Gasteiger partial charge in [0.25, 0.3) is 0 Å². The molecule has 5 nitrogen and oxygen atoms in total. The van der Waals surface area contributed by atoms with Gasteiger partial charge in [-0.25, -0.2) is 0 Å². The minimum Gasteiger partial charge on any atom is -0.466 e. The van der Waals surface area contributed by atoms with Crippen LogP contribution < -0.4 is 0 Å². The second kappa shape index (κ2) is 35.0. The number of ether oxygens (including phenoxy) is 2. The van der Waals surface area contributed by atoms with E-state index in [0.717, 1.165) is 50.9 Å². The summed E-state index contributed by atoms with van der Waals surface area (Å²) in [6, 6.07) is 0. The van der Waals surface area contributed by atoms with Gasteiger partial charge in [0, 0.05) is 12.8 Å². The van der Waals surface area contributed by atoms with Crippen LogP contribution in [-0.4, -0.2) is 49.7 Å². The Morgan fingerprint density at radius 1 is 0.647 bits per heavy atom. The lowest BCUT2D eigenvalue weighted by atomic mass is 9.91. The highest BCUT2D eigenvalue weighted by molar-refractivity contribution is 5.69. The van der Waals surface area contributed by atoms with Crippen molar-refractivity contribution in [1.29, 1.82) is 0 Å². The minimum atomic E-state index is -0.0521. The van der Waals surface area contributed by atoms with Gasteiger partial charge in [0.05, 0.1) is 13.2 Å². The number of nitrogens with zero attached hydrogens (tertiary/aromatic N) is 1. The van der Waals surface area contributed by atoms with E-state index in [1.165, 1.54) is 142 Å². The molecule has 0 aliphatic carbocycles. The van der Waals surface area contributed by atoms with Crippen LogP contribution in [0, 0.1) is 17.8 Å². The third-order valence-corrected chi connectivity index (χ3v) is 10.9. The van der Waals surface area contributed by atoms with E-state index in [1.54, 1.807) is 0 Å². The lowest BCUT2D eigenvalue weighted by Gasteiger charge is -2.28. The maximum atomic E-state index is 12.3. The predicted octanol–water partition coefficient (Wildman–Crippen LogP) is 12.9. The standard InChI is InChI=1S/C46H81NO4/c1-5-8-18-27-42(4)35-40-50-45(48)32-23-15-11-13-21-30-43(34-39-47-37-25-17-26-38-47)31-22-14-12-16-24-33-46(49)51-41-36-44(28-19-9-6-2)29-20-10-7-3/h28,42-44H,2,5,7-8,10-18,20-27,29-41H2,1,3-4H3. The van der Waals surface area contributed by atoms with Crippen molar-refractivity contribution in [3.63, 3.8) is 0 Å². The molecule has 51 heavy (non-hydrogen) atoms. The molecule has 1 fully saturated rings. The molecule has 0 bridgehead atoms. The van der Waals surface area contributed by atoms with Crippen molar-refractivity contribution in [1.82, 2.24) is 4.90 Å². The summed E-state index contributed by atoms with van der Waals surface area (Å²) in [5.41, 5.74) is 8.42. The van der Waals surface area contributed by atoms with Crippen LogP contribution in [0.2, 0.25) is 0 Å². The Kier molecular flexibility index (Phi) is 32.3. The number of esters is 2. The van der Waals surface area contributed by atoms with Crippen molar-refractivity contribution in [2.75, 3.05) is 32.8 Å². The molecule has 294 valence electrons. The summed E-state index contributed by atoms with van der Waals surface area (Å²) in [5.74, 6) is 1.78. The molecule has 1 aliphatic rings. The zero-order valence-electron chi connectivity index (χ0n) is 33.9. The number of unbranched alkanes of at least 4 members (excludes halogenated alkanes) is 12. The van der Waals surface area contributed by atoms with Gasteiger partial charge in [0.15, 0.2) is 0 Å². The summed E-state index contributed by atoms with van der Waals surface area (Å²) in [7, 11) is 0. The molecule has 0 radical (unpaired) electrons. The molecule has 1 heterocycles.